The summed E-state index contributed by atoms with van der Waals surface area (Å²) in [5.74, 6) is 0.443. The van der Waals surface area contributed by atoms with Crippen molar-refractivity contribution in [2.75, 3.05) is 0 Å². The van der Waals surface area contributed by atoms with Crippen molar-refractivity contribution >= 4 is 23.0 Å². The number of ether oxygens (including phenoxy) is 1. The highest BCUT2D eigenvalue weighted by Gasteiger charge is 2.12. The normalized spacial score (nSPS) is 11.0. The number of carbonyl (C=O) groups excluding carboxylic acids is 1. The second kappa shape index (κ2) is 7.73. The van der Waals surface area contributed by atoms with E-state index in [-0.39, 0.29) is 25.0 Å². The van der Waals surface area contributed by atoms with Gasteiger partial charge in [-0.25, -0.2) is 4.98 Å². The van der Waals surface area contributed by atoms with E-state index in [1.165, 1.54) is 10.5 Å². The summed E-state index contributed by atoms with van der Waals surface area (Å²) in [6.07, 6.45) is 2.03. The summed E-state index contributed by atoms with van der Waals surface area (Å²) in [5, 5.41) is 7.75. The number of thiophene rings is 1. The molecule has 0 bridgehead atoms. The van der Waals surface area contributed by atoms with Crippen LogP contribution in [0.25, 0.3) is 17.0 Å². The fraction of sp³-hybridized carbons (Fsp3) is 0.211. The summed E-state index contributed by atoms with van der Waals surface area (Å²) in [6, 6.07) is 6.91. The maximum atomic E-state index is 12.2. The molecule has 9 heteroatoms. The van der Waals surface area contributed by atoms with Gasteiger partial charge in [-0.15, -0.1) is 0 Å². The smallest absolute Gasteiger partial charge is 0.306 e. The first-order valence-corrected chi connectivity index (χ1v) is 9.53. The van der Waals surface area contributed by atoms with E-state index in [0.29, 0.717) is 23.1 Å². The Bertz CT molecular complexity index is 1180. The van der Waals surface area contributed by atoms with Crippen LogP contribution in [-0.2, 0) is 22.6 Å². The zero-order valence-corrected chi connectivity index (χ0v) is 15.8. The van der Waals surface area contributed by atoms with Crippen molar-refractivity contribution in [1.29, 1.82) is 0 Å². The summed E-state index contributed by atoms with van der Waals surface area (Å²) < 4.78 is 11.9. The van der Waals surface area contributed by atoms with Gasteiger partial charge in [0, 0.05) is 29.6 Å². The predicted octanol–water partition coefficient (Wildman–Crippen LogP) is 2.79. The minimum Gasteiger partial charge on any atom is -0.459 e. The first-order chi connectivity index (χ1) is 13.6. The molecule has 0 amide bonds. The molecular formula is C19H16N4O4S. The molecule has 0 aliphatic carbocycles. The second-order valence-electron chi connectivity index (χ2n) is 6.15. The van der Waals surface area contributed by atoms with Gasteiger partial charge in [0.15, 0.2) is 0 Å². The molecule has 0 aliphatic rings. The van der Waals surface area contributed by atoms with Crippen LogP contribution >= 0.6 is 11.3 Å². The topological polar surface area (TPSA) is 99.6 Å². The number of rotatable bonds is 6. The third-order valence-electron chi connectivity index (χ3n) is 4.11. The van der Waals surface area contributed by atoms with Crippen molar-refractivity contribution in [1.82, 2.24) is 19.5 Å². The molecule has 0 unspecified atom stereocenters. The van der Waals surface area contributed by atoms with Crippen LogP contribution in [0.3, 0.4) is 0 Å². The monoisotopic (exact) mass is 396 g/mol. The third-order valence-corrected chi connectivity index (χ3v) is 4.79. The fourth-order valence-corrected chi connectivity index (χ4v) is 3.32. The lowest BCUT2D eigenvalue weighted by atomic mass is 10.3. The van der Waals surface area contributed by atoms with E-state index in [0.717, 1.165) is 11.1 Å². The molecule has 0 fully saturated rings. The van der Waals surface area contributed by atoms with Gasteiger partial charge in [-0.05, 0) is 30.0 Å². The van der Waals surface area contributed by atoms with Crippen LogP contribution in [0.5, 0.6) is 0 Å². The average Bonchev–Trinajstić information content (AvgIpc) is 3.37. The van der Waals surface area contributed by atoms with Crippen LogP contribution in [0, 0.1) is 6.92 Å². The first-order valence-electron chi connectivity index (χ1n) is 8.59. The molecule has 0 radical (unpaired) electrons. The van der Waals surface area contributed by atoms with Gasteiger partial charge in [-0.1, -0.05) is 11.2 Å². The van der Waals surface area contributed by atoms with Crippen molar-refractivity contribution in [3.63, 3.8) is 0 Å². The highest BCUT2D eigenvalue weighted by atomic mass is 32.1. The molecule has 28 heavy (non-hydrogen) atoms. The van der Waals surface area contributed by atoms with E-state index in [1.807, 2.05) is 29.8 Å². The van der Waals surface area contributed by atoms with Crippen LogP contribution in [0.4, 0.5) is 0 Å². The molecule has 4 aromatic rings. The van der Waals surface area contributed by atoms with Gasteiger partial charge in [-0.3, -0.25) is 14.0 Å². The van der Waals surface area contributed by atoms with Gasteiger partial charge in [-0.2, -0.15) is 16.3 Å². The molecule has 0 aromatic carbocycles. The maximum absolute atomic E-state index is 12.2. The molecular weight excluding hydrogens is 380 g/mol. The molecule has 4 aromatic heterocycles. The Morgan fingerprint density at radius 2 is 2.21 bits per heavy atom. The van der Waals surface area contributed by atoms with Crippen molar-refractivity contribution in [3.05, 3.63) is 68.7 Å². The van der Waals surface area contributed by atoms with E-state index in [1.54, 1.807) is 23.6 Å². The molecule has 4 heterocycles. The number of hydrogen-bond acceptors (Lipinski definition) is 8. The second-order valence-corrected chi connectivity index (χ2v) is 6.93. The Hall–Kier alpha value is -3.33. The van der Waals surface area contributed by atoms with E-state index >= 15 is 0 Å². The van der Waals surface area contributed by atoms with Gasteiger partial charge in [0.2, 0.25) is 11.7 Å². The third kappa shape index (κ3) is 3.84. The largest absolute Gasteiger partial charge is 0.459 e. The van der Waals surface area contributed by atoms with Crippen LogP contribution < -0.4 is 5.56 Å². The van der Waals surface area contributed by atoms with Crippen LogP contribution in [-0.4, -0.2) is 25.5 Å². The number of carbonyl (C=O) groups is 1. The molecule has 0 atom stereocenters. The molecule has 0 saturated heterocycles. The fourth-order valence-electron chi connectivity index (χ4n) is 2.68. The van der Waals surface area contributed by atoms with Crippen LogP contribution in [0.2, 0.25) is 0 Å². The molecule has 0 aliphatic heterocycles. The number of fused-ring (bicyclic) bond motifs is 1. The summed E-state index contributed by atoms with van der Waals surface area (Å²) in [5.41, 5.74) is 2.49. The van der Waals surface area contributed by atoms with Crippen LogP contribution in [0.15, 0.2) is 50.5 Å². The number of pyridine rings is 1. The number of aryl methyl sites for hydroxylation is 2. The van der Waals surface area contributed by atoms with Gasteiger partial charge in [0.1, 0.15) is 12.3 Å². The lowest BCUT2D eigenvalue weighted by molar-refractivity contribution is -0.145. The molecule has 142 valence electrons. The first kappa shape index (κ1) is 18.1. The highest BCUT2D eigenvalue weighted by molar-refractivity contribution is 7.08. The Morgan fingerprint density at radius 1 is 1.32 bits per heavy atom. The molecule has 4 rings (SSSR count). The van der Waals surface area contributed by atoms with Gasteiger partial charge in [0.25, 0.3) is 5.56 Å². The van der Waals surface area contributed by atoms with Crippen molar-refractivity contribution < 1.29 is 14.1 Å². The number of nitrogens with zero attached hydrogens (tertiary/aromatic N) is 4. The summed E-state index contributed by atoms with van der Waals surface area (Å²) in [6.45, 7) is 1.80. The average molecular weight is 396 g/mol. The number of hydrogen-bond donors (Lipinski definition) is 0. The Balaban J connectivity index is 1.35. The summed E-state index contributed by atoms with van der Waals surface area (Å²) >= 11 is 1.54. The van der Waals surface area contributed by atoms with Crippen molar-refractivity contribution in [2.24, 2.45) is 0 Å². The Labute approximate surface area is 163 Å². The lowest BCUT2D eigenvalue weighted by Crippen LogP contribution is -2.17. The summed E-state index contributed by atoms with van der Waals surface area (Å²) in [7, 11) is 0. The van der Waals surface area contributed by atoms with Crippen LogP contribution in [0.1, 0.15) is 23.6 Å². The zero-order valence-electron chi connectivity index (χ0n) is 15.0. The van der Waals surface area contributed by atoms with Crippen molar-refractivity contribution in [3.8, 4) is 11.4 Å². The standard InChI is InChI=1S/C19H16N4O4S/c1-12-3-2-7-23-16(24)9-14(20-19(12)23)10-26-17(25)5-4-15-21-18(22-27-15)13-6-8-28-11-13/h2-3,6-9,11H,4-5,10H2,1H3. The lowest BCUT2D eigenvalue weighted by Gasteiger charge is -2.07. The molecule has 0 N–H and O–H groups in total. The van der Waals surface area contributed by atoms with E-state index in [2.05, 4.69) is 15.1 Å². The predicted molar refractivity (Wildman–Crippen MR) is 102 cm³/mol. The minimum absolute atomic E-state index is 0.0666. The zero-order chi connectivity index (χ0) is 19.5. The number of esters is 1. The maximum Gasteiger partial charge on any atom is 0.306 e. The number of aromatic nitrogens is 4. The van der Waals surface area contributed by atoms with E-state index < -0.39 is 5.97 Å². The van der Waals surface area contributed by atoms with Gasteiger partial charge in [0.05, 0.1) is 12.1 Å². The van der Waals surface area contributed by atoms with E-state index in [9.17, 15) is 9.59 Å². The molecule has 0 spiro atoms. The molecule has 8 nitrogen and oxygen atoms in total. The Morgan fingerprint density at radius 3 is 3.04 bits per heavy atom. The minimum atomic E-state index is -0.429. The van der Waals surface area contributed by atoms with E-state index in [4.69, 9.17) is 9.26 Å². The quantitative estimate of drug-likeness (QED) is 0.462. The highest BCUT2D eigenvalue weighted by Crippen LogP contribution is 2.19. The van der Waals surface area contributed by atoms with Gasteiger partial charge < -0.3 is 9.26 Å². The van der Waals surface area contributed by atoms with Crippen molar-refractivity contribution in [2.45, 2.75) is 26.4 Å². The summed E-state index contributed by atoms with van der Waals surface area (Å²) in [4.78, 5) is 32.8. The SMILES string of the molecule is Cc1cccn2c(=O)cc(COC(=O)CCc3nc(-c4ccsc4)no3)nc12. The molecule has 0 saturated carbocycles. The van der Waals surface area contributed by atoms with Gasteiger partial charge >= 0.3 is 5.97 Å². The Kier molecular flexibility index (Phi) is 4.98.